The van der Waals surface area contributed by atoms with Crippen LogP contribution in [0.4, 0.5) is 0 Å². The Morgan fingerprint density at radius 2 is 1.12 bits per heavy atom. The zero-order valence-corrected chi connectivity index (χ0v) is 26.9. The first-order valence-corrected chi connectivity index (χ1v) is 14.8. The third-order valence-corrected chi connectivity index (χ3v) is 6.16. The summed E-state index contributed by atoms with van der Waals surface area (Å²) in [6.45, 7) is 8.94. The Morgan fingerprint density at radius 3 is 1.38 bits per heavy atom. The molecule has 0 spiro atoms. The second kappa shape index (κ2) is 31.7. The molecule has 14 heteroatoms. The predicted molar refractivity (Wildman–Crippen MR) is 164 cm³/mol. The molecule has 0 amide bonds. The molecule has 12 N–H and O–H groups in total. The lowest BCUT2D eigenvalue weighted by atomic mass is 9.93. The molecule has 0 aromatic carbocycles. The molecule has 0 aromatic rings. The fourth-order valence-electron chi connectivity index (χ4n) is 2.99. The van der Waals surface area contributed by atoms with Crippen molar-refractivity contribution in [2.24, 2.45) is 40.9 Å². The van der Waals surface area contributed by atoms with Gasteiger partial charge in [-0.05, 0) is 63.3 Å². The number of quaternary nitrogens is 1. The minimum atomic E-state index is -1.00. The molecule has 0 rings (SSSR count). The first kappa shape index (κ1) is 46.7. The van der Waals surface area contributed by atoms with Crippen LogP contribution in [0, 0.1) is 23.7 Å². The van der Waals surface area contributed by atoms with Crippen molar-refractivity contribution in [1.29, 1.82) is 0 Å². The molecule has 248 valence electrons. The van der Waals surface area contributed by atoms with Crippen LogP contribution in [0.3, 0.4) is 0 Å². The van der Waals surface area contributed by atoms with Gasteiger partial charge in [-0.25, -0.2) is 0 Å². The normalized spacial score (nSPS) is 13.6. The van der Waals surface area contributed by atoms with Crippen molar-refractivity contribution < 1.29 is 45.3 Å². The third kappa shape index (κ3) is 32.3. The molecule has 0 aliphatic carbocycles. The molecule has 0 saturated carbocycles. The summed E-state index contributed by atoms with van der Waals surface area (Å²) in [5.74, 6) is -4.10. The Balaban J connectivity index is -0.000000229. The molecule has 0 fully saturated rings. The summed E-state index contributed by atoms with van der Waals surface area (Å²) in [5.41, 5.74) is 22.0. The van der Waals surface area contributed by atoms with Crippen molar-refractivity contribution in [1.82, 2.24) is 0 Å². The highest BCUT2D eigenvalue weighted by Crippen LogP contribution is 2.16. The molecule has 0 radical (unpaired) electrons. The smallest absolute Gasteiger partial charge is 0.320 e. The van der Waals surface area contributed by atoms with Crippen molar-refractivity contribution in [2.75, 3.05) is 13.1 Å². The average Bonchev–Trinajstić information content (AvgIpc) is 2.89. The van der Waals surface area contributed by atoms with Gasteiger partial charge < -0.3 is 48.2 Å². The van der Waals surface area contributed by atoms with Gasteiger partial charge in [0.05, 0.1) is 12.5 Å². The van der Waals surface area contributed by atoms with Crippen LogP contribution >= 0.6 is 23.2 Å². The molecule has 0 aromatic heterocycles. The lowest BCUT2D eigenvalue weighted by molar-refractivity contribution is -0.368. The van der Waals surface area contributed by atoms with Gasteiger partial charge in [-0.2, -0.15) is 0 Å². The molecule has 0 heterocycles. The van der Waals surface area contributed by atoms with Crippen molar-refractivity contribution in [3.05, 3.63) is 23.2 Å². The molecule has 0 unspecified atom stereocenters. The SMILES string of the molecule is CC(C)[C@H](C/C=C/Cl)C(=O)O.CC(C)[C@H](C/C=C/Cl)C(=O)[O-].NCCCC[C@H](N)C(=O)O.N[C@@H](CCCC[NH3+])C(=O)O. The van der Waals surface area contributed by atoms with Gasteiger partial charge in [-0.1, -0.05) is 69.5 Å². The number of unbranched alkanes of at least 4 members (excludes halogenated alkanes) is 2. The number of carbonyl (C=O) groups is 4. The monoisotopic (exact) mass is 644 g/mol. The van der Waals surface area contributed by atoms with Crippen LogP contribution in [0.2, 0.25) is 0 Å². The summed E-state index contributed by atoms with van der Waals surface area (Å²) in [6, 6.07) is -1.40. The standard InChI is InChI=1S/2C8H13ClO2.2C6H14N2O2/c2*1-6(2)7(8(10)11)4-3-5-9;2*7-4-2-1-3-5(8)6(9)10/h2*3,5-7H,4H2,1-2H3,(H,10,11);2*5H,1-4,7-8H2,(H,9,10)/b2*5-3+;;/t2*7-;2*5-/m0000/s1. The third-order valence-electron chi connectivity index (χ3n) is 5.81. The number of carboxylic acid groups (broad SMARTS) is 4. The number of carboxylic acids is 4. The summed E-state index contributed by atoms with van der Waals surface area (Å²) in [6.07, 6.45) is 8.79. The molecule has 0 aliphatic rings. The second-order valence-corrected chi connectivity index (χ2v) is 10.6. The number of hydrogen-bond donors (Lipinski definition) is 7. The number of nitrogens with two attached hydrogens (primary N) is 3. The molecular weight excluding hydrogens is 591 g/mol. The van der Waals surface area contributed by atoms with Crippen molar-refractivity contribution in [2.45, 2.75) is 91.1 Å². The maximum absolute atomic E-state index is 10.6. The fourth-order valence-corrected chi connectivity index (χ4v) is 3.20. The van der Waals surface area contributed by atoms with Gasteiger partial charge in [-0.3, -0.25) is 14.4 Å². The average molecular weight is 646 g/mol. The minimum Gasteiger partial charge on any atom is -0.550 e. The Bertz CT molecular complexity index is 706. The van der Waals surface area contributed by atoms with Crippen LogP contribution in [0.25, 0.3) is 0 Å². The highest BCUT2D eigenvalue weighted by atomic mass is 35.5. The lowest BCUT2D eigenvalue weighted by Crippen LogP contribution is -2.50. The maximum atomic E-state index is 10.6. The highest BCUT2D eigenvalue weighted by molar-refractivity contribution is 6.25. The van der Waals surface area contributed by atoms with Crippen LogP contribution in [-0.4, -0.2) is 64.4 Å². The van der Waals surface area contributed by atoms with Gasteiger partial charge in [-0.15, -0.1) is 0 Å². The number of aliphatic carboxylic acids is 4. The number of carbonyl (C=O) groups excluding carboxylic acids is 1. The van der Waals surface area contributed by atoms with Gasteiger partial charge in [0.15, 0.2) is 0 Å². The van der Waals surface area contributed by atoms with E-state index in [1.165, 1.54) is 11.1 Å². The summed E-state index contributed by atoms with van der Waals surface area (Å²) in [4.78, 5) is 41.3. The summed E-state index contributed by atoms with van der Waals surface area (Å²) < 4.78 is 0. The predicted octanol–water partition coefficient (Wildman–Crippen LogP) is 1.97. The van der Waals surface area contributed by atoms with E-state index in [0.29, 0.717) is 32.2 Å². The van der Waals surface area contributed by atoms with Gasteiger partial charge in [0.25, 0.3) is 0 Å². The van der Waals surface area contributed by atoms with Gasteiger partial charge in [0.2, 0.25) is 0 Å². The van der Waals surface area contributed by atoms with E-state index in [9.17, 15) is 24.3 Å². The van der Waals surface area contributed by atoms with Crippen molar-refractivity contribution in [3.63, 3.8) is 0 Å². The first-order chi connectivity index (χ1) is 19.5. The fraction of sp³-hybridized carbons (Fsp3) is 0.714. The van der Waals surface area contributed by atoms with E-state index in [-0.39, 0.29) is 17.8 Å². The van der Waals surface area contributed by atoms with E-state index in [2.05, 4.69) is 5.73 Å². The maximum Gasteiger partial charge on any atom is 0.320 e. The number of allylic oxidation sites excluding steroid dienone is 2. The molecular formula is C28H54Cl2N4O8. The number of hydrogen-bond acceptors (Lipinski definition) is 8. The van der Waals surface area contributed by atoms with Crippen molar-refractivity contribution >= 4 is 47.1 Å². The minimum absolute atomic E-state index is 0.0906. The van der Waals surface area contributed by atoms with E-state index in [1.54, 1.807) is 12.2 Å². The van der Waals surface area contributed by atoms with Crippen molar-refractivity contribution in [3.8, 4) is 0 Å². The van der Waals surface area contributed by atoms with E-state index in [4.69, 9.17) is 55.7 Å². The Hall–Kier alpha value is -2.22. The quantitative estimate of drug-likeness (QED) is 0.106. The van der Waals surface area contributed by atoms with Gasteiger partial charge >= 0.3 is 17.9 Å². The Labute approximate surface area is 260 Å². The molecule has 0 bridgehead atoms. The molecule has 12 nitrogen and oxygen atoms in total. The highest BCUT2D eigenvalue weighted by Gasteiger charge is 2.19. The van der Waals surface area contributed by atoms with E-state index >= 15 is 0 Å². The first-order valence-electron chi connectivity index (χ1n) is 13.9. The van der Waals surface area contributed by atoms with E-state index in [0.717, 1.165) is 32.2 Å². The lowest BCUT2D eigenvalue weighted by Gasteiger charge is -2.19. The van der Waals surface area contributed by atoms with E-state index in [1.807, 2.05) is 27.7 Å². The summed E-state index contributed by atoms with van der Waals surface area (Å²) >= 11 is 10.5. The Kier molecular flexibility index (Phi) is 35.3. The number of halogens is 2. The van der Waals surface area contributed by atoms with Crippen LogP contribution in [0.1, 0.15) is 79.1 Å². The molecule has 0 saturated heterocycles. The van der Waals surface area contributed by atoms with Gasteiger partial charge in [0.1, 0.15) is 12.1 Å². The zero-order valence-electron chi connectivity index (χ0n) is 25.4. The second-order valence-electron chi connectivity index (χ2n) is 10.1. The van der Waals surface area contributed by atoms with Crippen LogP contribution < -0.4 is 28.0 Å². The summed E-state index contributed by atoms with van der Waals surface area (Å²) in [7, 11) is 0. The van der Waals surface area contributed by atoms with E-state index < -0.39 is 41.9 Å². The molecule has 4 atom stereocenters. The number of rotatable bonds is 18. The zero-order chi connectivity index (χ0) is 33.7. The largest absolute Gasteiger partial charge is 0.550 e. The van der Waals surface area contributed by atoms with Crippen LogP contribution in [0.15, 0.2) is 23.2 Å². The Morgan fingerprint density at radius 1 is 0.738 bits per heavy atom. The molecule has 0 aliphatic heterocycles. The van der Waals surface area contributed by atoms with Crippen LogP contribution in [-0.2, 0) is 19.2 Å². The summed E-state index contributed by atoms with van der Waals surface area (Å²) in [5, 5.41) is 35.8. The van der Waals surface area contributed by atoms with Gasteiger partial charge in [0, 0.05) is 23.0 Å². The van der Waals surface area contributed by atoms with Crippen LogP contribution in [0.5, 0.6) is 0 Å². The topological polar surface area (TPSA) is 258 Å². The molecule has 42 heavy (non-hydrogen) atoms.